The van der Waals surface area contributed by atoms with E-state index in [-0.39, 0.29) is 18.6 Å². The van der Waals surface area contributed by atoms with E-state index in [1.807, 2.05) is 25.1 Å². The summed E-state index contributed by atoms with van der Waals surface area (Å²) in [5.74, 6) is 3.12. The lowest BCUT2D eigenvalue weighted by Crippen LogP contribution is -2.54. The van der Waals surface area contributed by atoms with Gasteiger partial charge < -0.3 is 34.2 Å². The number of methoxy groups -OCH3 is 3. The van der Waals surface area contributed by atoms with Crippen molar-refractivity contribution in [1.82, 2.24) is 10.9 Å². The molecule has 0 aliphatic carbocycles. The number of rotatable bonds is 6. The molecule has 4 rings (SSSR count). The van der Waals surface area contributed by atoms with Crippen LogP contribution in [0.1, 0.15) is 24.0 Å². The van der Waals surface area contributed by atoms with Crippen LogP contribution in [0.5, 0.6) is 34.5 Å². The fourth-order valence-electron chi connectivity index (χ4n) is 4.05. The molecule has 2 aromatic rings. The van der Waals surface area contributed by atoms with Crippen LogP contribution in [0.15, 0.2) is 24.3 Å². The molecule has 0 saturated carbocycles. The Balaban J connectivity index is 1.84. The number of fused-ring (bicyclic) bond motifs is 2. The van der Waals surface area contributed by atoms with Gasteiger partial charge in [-0.25, -0.2) is 4.79 Å². The van der Waals surface area contributed by atoms with E-state index >= 15 is 0 Å². The van der Waals surface area contributed by atoms with Gasteiger partial charge in [0.25, 0.3) is 0 Å². The molecule has 2 aliphatic rings. The van der Waals surface area contributed by atoms with Crippen LogP contribution in [-0.4, -0.2) is 40.4 Å². The summed E-state index contributed by atoms with van der Waals surface area (Å²) in [7, 11) is 4.70. The zero-order chi connectivity index (χ0) is 22.1. The van der Waals surface area contributed by atoms with E-state index in [9.17, 15) is 4.79 Å². The smallest absolute Gasteiger partial charge is 0.326 e. The lowest BCUT2D eigenvalue weighted by molar-refractivity contribution is 0.0691. The van der Waals surface area contributed by atoms with Crippen molar-refractivity contribution in [3.8, 4) is 34.5 Å². The number of nitrogens with two attached hydrogens (primary N) is 1. The first kappa shape index (κ1) is 20.7. The molecule has 2 aromatic carbocycles. The van der Waals surface area contributed by atoms with Crippen molar-refractivity contribution < 1.29 is 33.2 Å². The molecule has 0 fully saturated rings. The average molecular weight is 431 g/mol. The summed E-state index contributed by atoms with van der Waals surface area (Å²) in [4.78, 5) is 11.2. The number of carbonyl (C=O) groups excluding carboxylic acids is 1. The number of hydrogen-bond donors (Lipinski definition) is 3. The molecule has 2 heterocycles. The molecular weight excluding hydrogens is 406 g/mol. The molecule has 2 amide bonds. The van der Waals surface area contributed by atoms with E-state index < -0.39 is 12.3 Å². The molecular formula is C21H25N3O7. The van der Waals surface area contributed by atoms with Gasteiger partial charge in [-0.05, 0) is 23.8 Å². The Morgan fingerprint density at radius 3 is 2.23 bits per heavy atom. The average Bonchev–Trinajstić information content (AvgIpc) is 3.22. The summed E-state index contributed by atoms with van der Waals surface area (Å²) in [5.41, 5.74) is 12.3. The monoisotopic (exact) mass is 431 g/mol. The van der Waals surface area contributed by atoms with Crippen LogP contribution in [0.25, 0.3) is 0 Å². The van der Waals surface area contributed by atoms with E-state index in [2.05, 4.69) is 10.9 Å². The second kappa shape index (κ2) is 8.31. The first-order valence-corrected chi connectivity index (χ1v) is 9.67. The van der Waals surface area contributed by atoms with Gasteiger partial charge in [0.2, 0.25) is 12.5 Å². The Morgan fingerprint density at radius 2 is 1.65 bits per heavy atom. The number of hydrazine groups is 1. The molecule has 2 aliphatic heterocycles. The van der Waals surface area contributed by atoms with Crippen LogP contribution in [0.2, 0.25) is 0 Å². The van der Waals surface area contributed by atoms with Crippen molar-refractivity contribution in [3.63, 3.8) is 0 Å². The van der Waals surface area contributed by atoms with E-state index in [0.717, 1.165) is 11.1 Å². The molecule has 0 saturated heterocycles. The van der Waals surface area contributed by atoms with Gasteiger partial charge in [-0.15, -0.1) is 0 Å². The Hall–Kier alpha value is -3.53. The quantitative estimate of drug-likeness (QED) is 0.595. The lowest BCUT2D eigenvalue weighted by atomic mass is 9.78. The lowest BCUT2D eigenvalue weighted by Gasteiger charge is -2.38. The zero-order valence-corrected chi connectivity index (χ0v) is 17.7. The highest BCUT2D eigenvalue weighted by Gasteiger charge is 2.39. The van der Waals surface area contributed by atoms with Crippen molar-refractivity contribution in [2.24, 2.45) is 11.7 Å². The van der Waals surface area contributed by atoms with Gasteiger partial charge in [0, 0.05) is 23.5 Å². The maximum atomic E-state index is 11.2. The normalized spacial score (nSPS) is 21.0. The van der Waals surface area contributed by atoms with E-state index in [1.54, 1.807) is 27.4 Å². The van der Waals surface area contributed by atoms with E-state index in [1.165, 1.54) is 0 Å². The van der Waals surface area contributed by atoms with Gasteiger partial charge in [0.1, 0.15) is 5.75 Å². The molecule has 10 nitrogen and oxygen atoms in total. The van der Waals surface area contributed by atoms with E-state index in [0.29, 0.717) is 34.5 Å². The topological polar surface area (TPSA) is 123 Å². The standard InChI is InChI=1S/C21H25N3O7/c1-10-18(11-5-16(26-2)19(28-4)17(6-11)27-3)12-7-14-15(30-9-29-14)8-13(12)31-20(10)23-24-21(22)25/h5-8,10,18,20,23H,9H2,1-4H3,(H3,22,24,25)/t10-,18+,20?/m1/s1. The van der Waals surface area contributed by atoms with Gasteiger partial charge in [-0.2, -0.15) is 5.43 Å². The van der Waals surface area contributed by atoms with Crippen LogP contribution in [-0.2, 0) is 0 Å². The second-order valence-electron chi connectivity index (χ2n) is 7.21. The Morgan fingerprint density at radius 1 is 1.00 bits per heavy atom. The number of ether oxygens (including phenoxy) is 6. The third kappa shape index (κ3) is 3.70. The summed E-state index contributed by atoms with van der Waals surface area (Å²) in [6, 6.07) is 6.80. The fourth-order valence-corrected chi connectivity index (χ4v) is 4.05. The third-order valence-electron chi connectivity index (χ3n) is 5.48. The molecule has 31 heavy (non-hydrogen) atoms. The predicted octanol–water partition coefficient (Wildman–Crippen LogP) is 2.10. The highest BCUT2D eigenvalue weighted by atomic mass is 16.7. The molecule has 1 unspecified atom stereocenters. The van der Waals surface area contributed by atoms with Crippen molar-refractivity contribution in [1.29, 1.82) is 0 Å². The number of hydrogen-bond acceptors (Lipinski definition) is 8. The molecule has 0 aromatic heterocycles. The molecule has 3 atom stereocenters. The van der Waals surface area contributed by atoms with Crippen LogP contribution in [0.3, 0.4) is 0 Å². The highest BCUT2D eigenvalue weighted by Crippen LogP contribution is 2.51. The Kier molecular flexibility index (Phi) is 5.55. The fraction of sp³-hybridized carbons (Fsp3) is 0.381. The minimum absolute atomic E-state index is 0.137. The van der Waals surface area contributed by atoms with Crippen LogP contribution in [0.4, 0.5) is 4.79 Å². The van der Waals surface area contributed by atoms with Crippen LogP contribution < -0.4 is 45.0 Å². The minimum atomic E-state index is -0.711. The second-order valence-corrected chi connectivity index (χ2v) is 7.21. The number of urea groups is 1. The van der Waals surface area contributed by atoms with Crippen molar-refractivity contribution in [3.05, 3.63) is 35.4 Å². The van der Waals surface area contributed by atoms with Gasteiger partial charge in [-0.1, -0.05) is 6.92 Å². The maximum Gasteiger partial charge on any atom is 0.326 e. The van der Waals surface area contributed by atoms with Gasteiger partial charge in [0.15, 0.2) is 29.2 Å². The SMILES string of the molecule is COc1cc([C@H]2c3cc4c(cc3OC(NNC(N)=O)[C@@H]2C)OCO4)cc(OC)c1OC. The minimum Gasteiger partial charge on any atom is -0.493 e. The number of carbonyl (C=O) groups is 1. The number of nitrogens with one attached hydrogen (secondary N) is 2. The highest BCUT2D eigenvalue weighted by molar-refractivity contribution is 5.71. The van der Waals surface area contributed by atoms with E-state index in [4.69, 9.17) is 34.2 Å². The molecule has 0 bridgehead atoms. The van der Waals surface area contributed by atoms with Gasteiger partial charge in [-0.3, -0.25) is 5.43 Å². The molecule has 10 heteroatoms. The summed E-state index contributed by atoms with van der Waals surface area (Å²) in [6.45, 7) is 2.15. The van der Waals surface area contributed by atoms with Crippen LogP contribution in [0, 0.1) is 5.92 Å². The first-order chi connectivity index (χ1) is 15.0. The number of primary amides is 1. The summed E-state index contributed by atoms with van der Waals surface area (Å²) in [6.07, 6.45) is -0.565. The van der Waals surface area contributed by atoms with Gasteiger partial charge in [0.05, 0.1) is 21.3 Å². The van der Waals surface area contributed by atoms with Crippen LogP contribution >= 0.6 is 0 Å². The predicted molar refractivity (Wildman–Crippen MR) is 110 cm³/mol. The Bertz CT molecular complexity index is 972. The zero-order valence-electron chi connectivity index (χ0n) is 17.7. The third-order valence-corrected chi connectivity index (χ3v) is 5.48. The number of amides is 2. The Labute approximate surface area is 179 Å². The molecule has 0 radical (unpaired) electrons. The largest absolute Gasteiger partial charge is 0.493 e. The number of benzene rings is 2. The first-order valence-electron chi connectivity index (χ1n) is 9.67. The molecule has 166 valence electrons. The van der Waals surface area contributed by atoms with Gasteiger partial charge >= 0.3 is 6.03 Å². The van der Waals surface area contributed by atoms with Crippen molar-refractivity contribution in [2.75, 3.05) is 28.1 Å². The molecule has 4 N–H and O–H groups in total. The van der Waals surface area contributed by atoms with Crippen molar-refractivity contribution >= 4 is 6.03 Å². The molecule has 0 spiro atoms. The summed E-state index contributed by atoms with van der Waals surface area (Å²) in [5, 5.41) is 0. The summed E-state index contributed by atoms with van der Waals surface area (Å²) >= 11 is 0. The maximum absolute atomic E-state index is 11.2. The van der Waals surface area contributed by atoms with Crippen molar-refractivity contribution in [2.45, 2.75) is 19.1 Å². The summed E-state index contributed by atoms with van der Waals surface area (Å²) < 4.78 is 33.8.